The van der Waals surface area contributed by atoms with Crippen LogP contribution in [0.2, 0.25) is 0 Å². The molecule has 2 heterocycles. The zero-order valence-electron chi connectivity index (χ0n) is 10.7. The minimum Gasteiger partial charge on any atom is -0.468 e. The SMILES string of the molecule is CC(C)Oc1nc(NN)nc(SCc2ccco2)n1. The first kappa shape index (κ1) is 13.6. The van der Waals surface area contributed by atoms with E-state index in [0.717, 1.165) is 5.76 Å². The fourth-order valence-electron chi connectivity index (χ4n) is 1.26. The Morgan fingerprint density at radius 2 is 2.26 bits per heavy atom. The van der Waals surface area contributed by atoms with E-state index in [9.17, 15) is 0 Å². The molecule has 0 unspecified atom stereocenters. The van der Waals surface area contributed by atoms with Crippen LogP contribution >= 0.6 is 11.8 Å². The van der Waals surface area contributed by atoms with Gasteiger partial charge in [0.1, 0.15) is 5.76 Å². The zero-order chi connectivity index (χ0) is 13.7. The first-order valence-corrected chi connectivity index (χ1v) is 6.70. The lowest BCUT2D eigenvalue weighted by Crippen LogP contribution is -2.15. The van der Waals surface area contributed by atoms with Crippen LogP contribution in [0.3, 0.4) is 0 Å². The van der Waals surface area contributed by atoms with Crippen molar-refractivity contribution in [3.8, 4) is 6.01 Å². The molecule has 2 rings (SSSR count). The number of hydrazine groups is 1. The summed E-state index contributed by atoms with van der Waals surface area (Å²) in [6.07, 6.45) is 1.61. The van der Waals surface area contributed by atoms with Gasteiger partial charge in [-0.1, -0.05) is 11.8 Å². The van der Waals surface area contributed by atoms with Gasteiger partial charge in [0, 0.05) is 0 Å². The number of thioether (sulfide) groups is 1. The summed E-state index contributed by atoms with van der Waals surface area (Å²) in [5.74, 6) is 7.07. The van der Waals surface area contributed by atoms with Crippen molar-refractivity contribution >= 4 is 17.7 Å². The maximum absolute atomic E-state index is 5.44. The molecule has 0 amide bonds. The number of furan rings is 1. The second-order valence-electron chi connectivity index (χ2n) is 3.90. The highest BCUT2D eigenvalue weighted by atomic mass is 32.2. The first-order chi connectivity index (χ1) is 9.17. The van der Waals surface area contributed by atoms with Crippen LogP contribution in [-0.2, 0) is 5.75 Å². The van der Waals surface area contributed by atoms with E-state index in [-0.39, 0.29) is 18.1 Å². The van der Waals surface area contributed by atoms with E-state index in [1.807, 2.05) is 26.0 Å². The van der Waals surface area contributed by atoms with Gasteiger partial charge in [0.25, 0.3) is 0 Å². The summed E-state index contributed by atoms with van der Waals surface area (Å²) in [4.78, 5) is 12.4. The molecule has 0 spiro atoms. The van der Waals surface area contributed by atoms with Gasteiger partial charge in [-0.05, 0) is 26.0 Å². The van der Waals surface area contributed by atoms with Crippen molar-refractivity contribution in [2.45, 2.75) is 30.9 Å². The number of aromatic nitrogens is 3. The summed E-state index contributed by atoms with van der Waals surface area (Å²) >= 11 is 1.42. The van der Waals surface area contributed by atoms with E-state index >= 15 is 0 Å². The first-order valence-electron chi connectivity index (χ1n) is 5.72. The average molecular weight is 281 g/mol. The van der Waals surface area contributed by atoms with Gasteiger partial charge >= 0.3 is 6.01 Å². The number of hydrogen-bond acceptors (Lipinski definition) is 8. The molecule has 0 radical (unpaired) electrons. The van der Waals surface area contributed by atoms with Crippen molar-refractivity contribution in [1.82, 2.24) is 15.0 Å². The standard InChI is InChI=1S/C11H15N5O2S/c1-7(2)18-10-13-9(16-12)14-11(15-10)19-6-8-4-3-5-17-8/h3-5,7H,6,12H2,1-2H3,(H,13,14,15,16). The minimum absolute atomic E-state index is 0.0176. The Morgan fingerprint density at radius 3 is 2.89 bits per heavy atom. The number of nitrogens with one attached hydrogen (secondary N) is 1. The highest BCUT2D eigenvalue weighted by molar-refractivity contribution is 7.98. The lowest BCUT2D eigenvalue weighted by Gasteiger charge is -2.09. The van der Waals surface area contributed by atoms with Crippen LogP contribution in [0.25, 0.3) is 0 Å². The predicted molar refractivity (Wildman–Crippen MR) is 71.7 cm³/mol. The van der Waals surface area contributed by atoms with Gasteiger partial charge in [-0.15, -0.1) is 0 Å². The molecule has 0 saturated carbocycles. The third-order valence-electron chi connectivity index (χ3n) is 1.99. The second-order valence-corrected chi connectivity index (χ2v) is 4.85. The van der Waals surface area contributed by atoms with Gasteiger partial charge in [-0.2, -0.15) is 15.0 Å². The quantitative estimate of drug-likeness (QED) is 0.470. The molecule has 3 N–H and O–H groups in total. The number of nitrogens with two attached hydrogens (primary N) is 1. The van der Waals surface area contributed by atoms with Crippen molar-refractivity contribution in [3.05, 3.63) is 24.2 Å². The number of hydrogen-bond donors (Lipinski definition) is 2. The number of rotatable bonds is 6. The maximum Gasteiger partial charge on any atom is 0.322 e. The zero-order valence-corrected chi connectivity index (χ0v) is 11.5. The largest absolute Gasteiger partial charge is 0.468 e. The molecule has 102 valence electrons. The van der Waals surface area contributed by atoms with Crippen LogP contribution < -0.4 is 16.0 Å². The molecule has 0 fully saturated rings. The maximum atomic E-state index is 5.44. The van der Waals surface area contributed by atoms with E-state index in [2.05, 4.69) is 20.4 Å². The summed E-state index contributed by atoms with van der Waals surface area (Å²) in [6.45, 7) is 3.80. The molecular formula is C11H15N5O2S. The topological polar surface area (TPSA) is 99.1 Å². The van der Waals surface area contributed by atoms with E-state index in [1.54, 1.807) is 6.26 Å². The van der Waals surface area contributed by atoms with Crippen LogP contribution in [0.4, 0.5) is 5.95 Å². The molecule has 0 aliphatic rings. The fourth-order valence-corrected chi connectivity index (χ4v) is 1.99. The molecule has 2 aromatic rings. The van der Waals surface area contributed by atoms with Crippen LogP contribution in [0.1, 0.15) is 19.6 Å². The number of nitrogens with zero attached hydrogens (tertiary/aromatic N) is 3. The molecule has 0 saturated heterocycles. The molecule has 0 aliphatic carbocycles. The summed E-state index contributed by atoms with van der Waals surface area (Å²) in [7, 11) is 0. The molecular weight excluding hydrogens is 266 g/mol. The molecule has 0 aromatic carbocycles. The van der Waals surface area contributed by atoms with Gasteiger partial charge in [-0.25, -0.2) is 5.84 Å². The van der Waals surface area contributed by atoms with Gasteiger partial charge in [0.2, 0.25) is 5.95 Å². The third kappa shape index (κ3) is 4.11. The summed E-state index contributed by atoms with van der Waals surface area (Å²) in [5, 5.41) is 0.523. The predicted octanol–water partition coefficient (Wildman–Crippen LogP) is 1.83. The molecule has 19 heavy (non-hydrogen) atoms. The Morgan fingerprint density at radius 1 is 1.42 bits per heavy atom. The van der Waals surface area contributed by atoms with Crippen molar-refractivity contribution in [2.24, 2.45) is 5.84 Å². The minimum atomic E-state index is -0.0176. The second kappa shape index (κ2) is 6.39. The van der Waals surface area contributed by atoms with Crippen LogP contribution in [0.15, 0.2) is 28.0 Å². The smallest absolute Gasteiger partial charge is 0.322 e. The van der Waals surface area contributed by atoms with Gasteiger partial charge in [0.15, 0.2) is 5.16 Å². The summed E-state index contributed by atoms with van der Waals surface area (Å²) < 4.78 is 10.7. The normalized spacial score (nSPS) is 10.7. The molecule has 8 heteroatoms. The average Bonchev–Trinajstić information content (AvgIpc) is 2.88. The lowest BCUT2D eigenvalue weighted by atomic mass is 10.5. The third-order valence-corrected chi connectivity index (χ3v) is 2.86. The summed E-state index contributed by atoms with van der Waals surface area (Å²) in [6, 6.07) is 3.98. The summed E-state index contributed by atoms with van der Waals surface area (Å²) in [5.41, 5.74) is 2.40. The number of anilines is 1. The number of ether oxygens (including phenoxy) is 1. The molecule has 0 aliphatic heterocycles. The van der Waals surface area contributed by atoms with Crippen molar-refractivity contribution in [3.63, 3.8) is 0 Å². The number of nitrogen functional groups attached to an aromatic ring is 1. The van der Waals surface area contributed by atoms with Crippen LogP contribution in [-0.4, -0.2) is 21.1 Å². The Labute approximate surface area is 114 Å². The monoisotopic (exact) mass is 281 g/mol. The Kier molecular flexibility index (Phi) is 4.58. The Hall–Kier alpha value is -1.80. The van der Waals surface area contributed by atoms with Gasteiger partial charge in [0.05, 0.1) is 18.1 Å². The van der Waals surface area contributed by atoms with Gasteiger partial charge < -0.3 is 9.15 Å². The van der Waals surface area contributed by atoms with Gasteiger partial charge in [-0.3, -0.25) is 5.43 Å². The van der Waals surface area contributed by atoms with E-state index in [1.165, 1.54) is 11.8 Å². The molecule has 0 atom stereocenters. The highest BCUT2D eigenvalue weighted by Gasteiger charge is 2.09. The van der Waals surface area contributed by atoms with E-state index in [4.69, 9.17) is 15.0 Å². The lowest BCUT2D eigenvalue weighted by molar-refractivity contribution is 0.219. The van der Waals surface area contributed by atoms with Crippen LogP contribution in [0.5, 0.6) is 6.01 Å². The Bertz CT molecular complexity index is 518. The Balaban J connectivity index is 2.09. The van der Waals surface area contributed by atoms with Crippen LogP contribution in [0, 0.1) is 0 Å². The molecule has 2 aromatic heterocycles. The van der Waals surface area contributed by atoms with Crippen molar-refractivity contribution in [1.29, 1.82) is 0 Å². The van der Waals surface area contributed by atoms with E-state index < -0.39 is 0 Å². The molecule has 7 nitrogen and oxygen atoms in total. The van der Waals surface area contributed by atoms with Crippen molar-refractivity contribution < 1.29 is 9.15 Å². The fraction of sp³-hybridized carbons (Fsp3) is 0.364. The highest BCUT2D eigenvalue weighted by Crippen LogP contribution is 2.22. The van der Waals surface area contributed by atoms with E-state index in [0.29, 0.717) is 10.9 Å². The molecule has 0 bridgehead atoms. The van der Waals surface area contributed by atoms with Crippen molar-refractivity contribution in [2.75, 3.05) is 5.43 Å².